The van der Waals surface area contributed by atoms with Crippen molar-refractivity contribution in [2.75, 3.05) is 5.75 Å². The van der Waals surface area contributed by atoms with Gasteiger partial charge in [-0.25, -0.2) is 4.79 Å². The Balaban J connectivity index is 1.73. The van der Waals surface area contributed by atoms with Gasteiger partial charge in [-0.15, -0.1) is 10.2 Å². The zero-order chi connectivity index (χ0) is 16.9. The van der Waals surface area contributed by atoms with E-state index in [1.54, 1.807) is 40.9 Å². The van der Waals surface area contributed by atoms with Crippen molar-refractivity contribution in [1.82, 2.24) is 10.2 Å². The van der Waals surface area contributed by atoms with Crippen molar-refractivity contribution in [3.63, 3.8) is 0 Å². The third kappa shape index (κ3) is 4.62. The average Bonchev–Trinajstić information content (AvgIpc) is 3.00. The second-order valence-corrected chi connectivity index (χ2v) is 9.51. The molecule has 0 unspecified atom stereocenters. The second kappa shape index (κ2) is 8.51. The highest BCUT2D eigenvalue weighted by Crippen LogP contribution is 2.32. The predicted octanol–water partition coefficient (Wildman–Crippen LogP) is 5.59. The van der Waals surface area contributed by atoms with Crippen LogP contribution in [0.3, 0.4) is 0 Å². The molecular formula is C16H15BrN2O2S3. The van der Waals surface area contributed by atoms with Crippen molar-refractivity contribution < 1.29 is 4.42 Å². The first kappa shape index (κ1) is 18.0. The summed E-state index contributed by atoms with van der Waals surface area (Å²) in [6.45, 7) is 2.18. The molecule has 0 N–H and O–H groups in total. The molecule has 0 aliphatic heterocycles. The molecule has 0 aliphatic rings. The van der Waals surface area contributed by atoms with Crippen LogP contribution >= 0.6 is 50.8 Å². The lowest BCUT2D eigenvalue weighted by atomic mass is 10.1. The Labute approximate surface area is 160 Å². The molecule has 8 heteroatoms. The molecule has 2 heterocycles. The van der Waals surface area contributed by atoms with Gasteiger partial charge in [0.2, 0.25) is 0 Å². The third-order valence-corrected chi connectivity index (χ3v) is 7.07. The van der Waals surface area contributed by atoms with E-state index in [0.717, 1.165) is 29.9 Å². The van der Waals surface area contributed by atoms with Gasteiger partial charge in [-0.2, -0.15) is 0 Å². The Bertz CT molecular complexity index is 894. The van der Waals surface area contributed by atoms with E-state index in [2.05, 4.69) is 33.1 Å². The van der Waals surface area contributed by atoms with Crippen molar-refractivity contribution >= 4 is 61.8 Å². The quantitative estimate of drug-likeness (QED) is 0.270. The Morgan fingerprint density at radius 3 is 2.79 bits per heavy atom. The molecule has 0 saturated carbocycles. The molecule has 0 radical (unpaired) electrons. The molecule has 2 aromatic heterocycles. The standard InChI is InChI=1S/C16H15BrN2O2S3/c1-2-3-6-22-15-18-19-16(24-15)23-9-10-7-14(20)21-13-8-11(17)4-5-12(10)13/h4-5,7-8H,2-3,6,9H2,1H3. The third-order valence-electron chi connectivity index (χ3n) is 3.25. The number of hydrogen-bond acceptors (Lipinski definition) is 7. The Morgan fingerprint density at radius 2 is 2.00 bits per heavy atom. The fourth-order valence-corrected chi connectivity index (χ4v) is 5.59. The van der Waals surface area contributed by atoms with Crippen LogP contribution in [0.4, 0.5) is 0 Å². The maximum atomic E-state index is 11.8. The average molecular weight is 443 g/mol. The van der Waals surface area contributed by atoms with Crippen molar-refractivity contribution in [1.29, 1.82) is 0 Å². The fourth-order valence-electron chi connectivity index (χ4n) is 2.08. The van der Waals surface area contributed by atoms with Crippen LogP contribution in [0.15, 0.2) is 46.6 Å². The van der Waals surface area contributed by atoms with Crippen molar-refractivity contribution in [3.8, 4) is 0 Å². The molecule has 1 aromatic carbocycles. The summed E-state index contributed by atoms with van der Waals surface area (Å²) in [4.78, 5) is 11.8. The van der Waals surface area contributed by atoms with Crippen LogP contribution in [0.1, 0.15) is 25.3 Å². The highest BCUT2D eigenvalue weighted by atomic mass is 79.9. The SMILES string of the molecule is CCCCSc1nnc(SCc2cc(=O)oc3cc(Br)ccc23)s1. The monoisotopic (exact) mass is 442 g/mol. The van der Waals surface area contributed by atoms with Crippen molar-refractivity contribution in [2.45, 2.75) is 34.2 Å². The molecule has 3 aromatic rings. The lowest BCUT2D eigenvalue weighted by molar-refractivity contribution is 0.559. The van der Waals surface area contributed by atoms with E-state index >= 15 is 0 Å². The minimum atomic E-state index is -0.329. The van der Waals surface area contributed by atoms with Gasteiger partial charge in [0.05, 0.1) is 0 Å². The minimum absolute atomic E-state index is 0.329. The zero-order valence-electron chi connectivity index (χ0n) is 13.0. The first-order valence-corrected chi connectivity index (χ1v) is 11.0. The maximum Gasteiger partial charge on any atom is 0.336 e. The summed E-state index contributed by atoms with van der Waals surface area (Å²) in [5.74, 6) is 1.74. The zero-order valence-corrected chi connectivity index (χ0v) is 17.0. The molecule has 126 valence electrons. The highest BCUT2D eigenvalue weighted by molar-refractivity contribution is 9.10. The number of unbranched alkanes of at least 4 members (excludes halogenated alkanes) is 1. The Kier molecular flexibility index (Phi) is 6.37. The van der Waals surface area contributed by atoms with Gasteiger partial charge in [-0.3, -0.25) is 0 Å². The van der Waals surface area contributed by atoms with Crippen molar-refractivity contribution in [3.05, 3.63) is 44.7 Å². The normalized spacial score (nSPS) is 11.2. The van der Waals surface area contributed by atoms with Crippen molar-refractivity contribution in [2.24, 2.45) is 0 Å². The van der Waals surface area contributed by atoms with Crippen LogP contribution in [0.2, 0.25) is 0 Å². The van der Waals surface area contributed by atoms with Crippen LogP contribution in [-0.4, -0.2) is 16.0 Å². The Morgan fingerprint density at radius 1 is 1.21 bits per heavy atom. The number of benzene rings is 1. The van der Waals surface area contributed by atoms with Gasteiger partial charge < -0.3 is 4.42 Å². The van der Waals surface area contributed by atoms with E-state index in [4.69, 9.17) is 4.42 Å². The molecule has 0 spiro atoms. The Hall–Kier alpha value is -0.830. The lowest BCUT2D eigenvalue weighted by Crippen LogP contribution is -1.99. The number of hydrogen-bond donors (Lipinski definition) is 0. The van der Waals surface area contributed by atoms with E-state index in [9.17, 15) is 4.79 Å². The van der Waals surface area contributed by atoms with E-state index in [1.165, 1.54) is 12.8 Å². The summed E-state index contributed by atoms with van der Waals surface area (Å²) in [7, 11) is 0. The van der Waals surface area contributed by atoms with E-state index < -0.39 is 0 Å². The van der Waals surface area contributed by atoms with E-state index in [1.807, 2.05) is 18.2 Å². The molecule has 0 bridgehead atoms. The number of thioether (sulfide) groups is 2. The second-order valence-electron chi connectivity index (χ2n) is 5.06. The van der Waals surface area contributed by atoms with Gasteiger partial charge in [-0.05, 0) is 30.2 Å². The van der Waals surface area contributed by atoms with Gasteiger partial charge in [0.15, 0.2) is 8.68 Å². The molecule has 0 saturated heterocycles. The molecule has 0 atom stereocenters. The van der Waals surface area contributed by atoms with Crippen LogP contribution in [0.5, 0.6) is 0 Å². The van der Waals surface area contributed by atoms with Gasteiger partial charge in [0.1, 0.15) is 5.58 Å². The number of aromatic nitrogens is 2. The van der Waals surface area contributed by atoms with E-state index in [0.29, 0.717) is 11.3 Å². The number of fused-ring (bicyclic) bond motifs is 1. The summed E-state index contributed by atoms with van der Waals surface area (Å²) < 4.78 is 8.09. The fraction of sp³-hybridized carbons (Fsp3) is 0.312. The number of halogens is 1. The molecule has 3 rings (SSSR count). The first-order valence-electron chi connectivity index (χ1n) is 7.47. The summed E-state index contributed by atoms with van der Waals surface area (Å²) in [5, 5.41) is 9.40. The number of rotatable bonds is 7. The minimum Gasteiger partial charge on any atom is -0.423 e. The topological polar surface area (TPSA) is 56.0 Å². The van der Waals surface area contributed by atoms with Gasteiger partial charge >= 0.3 is 5.63 Å². The van der Waals surface area contributed by atoms with Gasteiger partial charge in [0, 0.05) is 27.4 Å². The van der Waals surface area contributed by atoms with Gasteiger partial charge in [-0.1, -0.05) is 64.1 Å². The predicted molar refractivity (Wildman–Crippen MR) is 105 cm³/mol. The smallest absolute Gasteiger partial charge is 0.336 e. The first-order chi connectivity index (χ1) is 11.7. The lowest BCUT2D eigenvalue weighted by Gasteiger charge is -2.04. The largest absolute Gasteiger partial charge is 0.423 e. The van der Waals surface area contributed by atoms with Crippen LogP contribution in [0.25, 0.3) is 11.0 Å². The summed E-state index contributed by atoms with van der Waals surface area (Å²) in [6, 6.07) is 7.29. The van der Waals surface area contributed by atoms with E-state index in [-0.39, 0.29) is 5.63 Å². The molecule has 0 fully saturated rings. The number of nitrogens with zero attached hydrogens (tertiary/aromatic N) is 2. The van der Waals surface area contributed by atoms with Crippen LogP contribution in [0, 0.1) is 0 Å². The maximum absolute atomic E-state index is 11.8. The summed E-state index contributed by atoms with van der Waals surface area (Å²) in [5.41, 5.74) is 1.22. The van der Waals surface area contributed by atoms with Gasteiger partial charge in [0.25, 0.3) is 0 Å². The van der Waals surface area contributed by atoms with Crippen LogP contribution in [-0.2, 0) is 5.75 Å². The summed E-state index contributed by atoms with van der Waals surface area (Å²) >= 11 is 8.36. The molecular weight excluding hydrogens is 428 g/mol. The molecule has 0 amide bonds. The molecule has 0 aliphatic carbocycles. The molecule has 4 nitrogen and oxygen atoms in total. The highest BCUT2D eigenvalue weighted by Gasteiger charge is 2.10. The van der Waals surface area contributed by atoms with Crippen LogP contribution < -0.4 is 5.63 Å². The molecule has 24 heavy (non-hydrogen) atoms. The summed E-state index contributed by atoms with van der Waals surface area (Å²) in [6.07, 6.45) is 2.38.